The second-order valence-corrected chi connectivity index (χ2v) is 10.7. The lowest BCUT2D eigenvalue weighted by atomic mass is 9.84. The lowest BCUT2D eigenvalue weighted by Crippen LogP contribution is -2.40. The average Bonchev–Trinajstić information content (AvgIpc) is 3.01. The highest BCUT2D eigenvalue weighted by Gasteiger charge is 2.32. The number of nitrogens with one attached hydrogen (secondary N) is 1. The number of nitrogens with zero attached hydrogens (tertiary/aromatic N) is 4. The number of carbonyl (C=O) groups excluding carboxylic acids is 1. The number of anilines is 3. The van der Waals surface area contributed by atoms with Crippen LogP contribution in [0.1, 0.15) is 31.2 Å². The van der Waals surface area contributed by atoms with Gasteiger partial charge in [0.15, 0.2) is 11.6 Å². The molecule has 1 fully saturated rings. The van der Waals surface area contributed by atoms with Gasteiger partial charge in [-0.1, -0.05) is 18.2 Å². The number of hydrogen-bond donors (Lipinski definition) is 1. The summed E-state index contributed by atoms with van der Waals surface area (Å²) >= 11 is 0. The minimum atomic E-state index is -0.956. The van der Waals surface area contributed by atoms with Gasteiger partial charge in [-0.3, -0.25) is 4.79 Å². The smallest absolute Gasteiger partial charge is 0.232 e. The number of fused-ring (bicyclic) bond motifs is 1. The molecule has 1 aliphatic rings. The van der Waals surface area contributed by atoms with E-state index in [9.17, 15) is 13.6 Å². The molecule has 10 heteroatoms. The first kappa shape index (κ1) is 29.0. The predicted octanol–water partition coefficient (Wildman–Crippen LogP) is 6.00. The molecule has 220 valence electrons. The Morgan fingerprint density at radius 1 is 0.905 bits per heavy atom. The number of benzene rings is 3. The molecule has 1 N–H and O–H groups in total. The fraction of sp³-hybridized carbons (Fsp3) is 0.344. The third-order valence-electron chi connectivity index (χ3n) is 7.69. The Labute approximate surface area is 244 Å². The molecule has 0 saturated heterocycles. The van der Waals surface area contributed by atoms with Crippen molar-refractivity contribution in [2.24, 2.45) is 5.92 Å². The number of amides is 1. The first-order valence-corrected chi connectivity index (χ1v) is 14.0. The van der Waals surface area contributed by atoms with Gasteiger partial charge >= 0.3 is 0 Å². The molecule has 0 unspecified atom stereocenters. The van der Waals surface area contributed by atoms with E-state index in [1.54, 1.807) is 25.2 Å². The zero-order valence-electron chi connectivity index (χ0n) is 24.2. The Balaban J connectivity index is 1.36. The van der Waals surface area contributed by atoms with E-state index in [1.807, 2.05) is 56.6 Å². The predicted molar refractivity (Wildman–Crippen MR) is 160 cm³/mol. The second kappa shape index (κ2) is 12.6. The van der Waals surface area contributed by atoms with Crippen molar-refractivity contribution in [3.05, 3.63) is 77.9 Å². The summed E-state index contributed by atoms with van der Waals surface area (Å²) in [5, 5.41) is 3.50. The molecule has 3 aromatic carbocycles. The fourth-order valence-electron chi connectivity index (χ4n) is 5.52. The van der Waals surface area contributed by atoms with Crippen LogP contribution in [0.5, 0.6) is 11.5 Å². The van der Waals surface area contributed by atoms with Crippen LogP contribution in [0.3, 0.4) is 0 Å². The highest BCUT2D eigenvalue weighted by Crippen LogP contribution is 2.37. The van der Waals surface area contributed by atoms with Crippen LogP contribution < -0.4 is 24.6 Å². The second-order valence-electron chi connectivity index (χ2n) is 10.7. The van der Waals surface area contributed by atoms with Crippen LogP contribution in [0.2, 0.25) is 0 Å². The Morgan fingerprint density at radius 2 is 1.55 bits per heavy atom. The Morgan fingerprint density at radius 3 is 2.17 bits per heavy atom. The molecule has 1 heterocycles. The molecule has 5 rings (SSSR count). The van der Waals surface area contributed by atoms with E-state index in [2.05, 4.69) is 10.2 Å². The summed E-state index contributed by atoms with van der Waals surface area (Å²) in [6.45, 7) is 0.373. The van der Waals surface area contributed by atoms with Crippen molar-refractivity contribution >= 4 is 34.3 Å². The first-order chi connectivity index (χ1) is 20.3. The molecule has 0 aliphatic heterocycles. The molecule has 0 atom stereocenters. The molecule has 1 aromatic heterocycles. The standard InChI is InChI=1S/C32H35F2N5O3/c1-38(2)30-26-17-27(33)28(34)18-29(26)36-32(37-30)39(22-8-6-5-7-9-22)23-12-10-21(11-13-23)31(40)35-19-20-14-24(41-3)16-25(15-20)42-4/h5-9,14-18,21,23H,10-13,19H2,1-4H3,(H,35,40)/t21-,23+. The lowest BCUT2D eigenvalue weighted by molar-refractivity contribution is -0.126. The maximum absolute atomic E-state index is 14.2. The van der Waals surface area contributed by atoms with Crippen LogP contribution in [-0.2, 0) is 11.3 Å². The van der Waals surface area contributed by atoms with Crippen molar-refractivity contribution in [3.8, 4) is 11.5 Å². The molecule has 0 radical (unpaired) electrons. The lowest BCUT2D eigenvalue weighted by Gasteiger charge is -2.37. The van der Waals surface area contributed by atoms with E-state index in [0.717, 1.165) is 36.2 Å². The van der Waals surface area contributed by atoms with Crippen molar-refractivity contribution in [3.63, 3.8) is 0 Å². The molecule has 1 saturated carbocycles. The number of halogens is 2. The van der Waals surface area contributed by atoms with E-state index >= 15 is 0 Å². The quantitative estimate of drug-likeness (QED) is 0.262. The average molecular weight is 576 g/mol. The highest BCUT2D eigenvalue weighted by molar-refractivity contribution is 5.91. The highest BCUT2D eigenvalue weighted by atomic mass is 19.2. The molecule has 0 spiro atoms. The van der Waals surface area contributed by atoms with Crippen LogP contribution in [0, 0.1) is 17.6 Å². The minimum Gasteiger partial charge on any atom is -0.497 e. The third-order valence-corrected chi connectivity index (χ3v) is 7.69. The van der Waals surface area contributed by atoms with Crippen LogP contribution in [0.25, 0.3) is 10.9 Å². The summed E-state index contributed by atoms with van der Waals surface area (Å²) in [7, 11) is 6.81. The fourth-order valence-corrected chi connectivity index (χ4v) is 5.52. The summed E-state index contributed by atoms with van der Waals surface area (Å²) in [6.07, 6.45) is 2.84. The summed E-state index contributed by atoms with van der Waals surface area (Å²) in [5.74, 6) is 0.225. The first-order valence-electron chi connectivity index (χ1n) is 14.0. The Kier molecular flexibility index (Phi) is 8.70. The maximum atomic E-state index is 14.2. The van der Waals surface area contributed by atoms with Gasteiger partial charge in [-0.25, -0.2) is 13.8 Å². The van der Waals surface area contributed by atoms with E-state index in [1.165, 1.54) is 0 Å². The SMILES string of the molecule is COc1cc(CNC(=O)[C@H]2CC[C@@H](N(c3ccccc3)c3nc(N(C)C)c4cc(F)c(F)cc4n3)CC2)cc(OC)c1. The largest absolute Gasteiger partial charge is 0.497 e. The zero-order valence-corrected chi connectivity index (χ0v) is 24.2. The maximum Gasteiger partial charge on any atom is 0.232 e. The third kappa shape index (κ3) is 6.22. The van der Waals surface area contributed by atoms with Crippen molar-refractivity contribution in [2.45, 2.75) is 38.3 Å². The van der Waals surface area contributed by atoms with Crippen LogP contribution >= 0.6 is 0 Å². The Bertz CT molecular complexity index is 1540. The topological polar surface area (TPSA) is 79.8 Å². The van der Waals surface area contributed by atoms with Gasteiger partial charge < -0.3 is 24.6 Å². The summed E-state index contributed by atoms with van der Waals surface area (Å²) in [5.41, 5.74) is 2.11. The molecule has 42 heavy (non-hydrogen) atoms. The molecular weight excluding hydrogens is 540 g/mol. The van der Waals surface area contributed by atoms with Gasteiger partial charge in [0.05, 0.1) is 19.7 Å². The summed E-state index contributed by atoms with van der Waals surface area (Å²) in [4.78, 5) is 26.5. The van der Waals surface area contributed by atoms with E-state index in [4.69, 9.17) is 19.4 Å². The summed E-state index contributed by atoms with van der Waals surface area (Å²) in [6, 6.07) is 17.6. The van der Waals surface area contributed by atoms with Gasteiger partial charge in [0, 0.05) is 55.8 Å². The molecule has 0 bridgehead atoms. The van der Waals surface area contributed by atoms with Crippen molar-refractivity contribution in [1.82, 2.24) is 15.3 Å². The monoisotopic (exact) mass is 575 g/mol. The van der Waals surface area contributed by atoms with Crippen LogP contribution in [-0.4, -0.2) is 50.2 Å². The Hall–Kier alpha value is -4.47. The zero-order chi connectivity index (χ0) is 29.8. The van der Waals surface area contributed by atoms with Gasteiger partial charge in [0.1, 0.15) is 17.3 Å². The molecule has 1 aliphatic carbocycles. The molecular formula is C32H35F2N5O3. The van der Waals surface area contributed by atoms with Gasteiger partial charge in [0.25, 0.3) is 0 Å². The number of hydrogen-bond acceptors (Lipinski definition) is 7. The molecule has 8 nitrogen and oxygen atoms in total. The summed E-state index contributed by atoms with van der Waals surface area (Å²) < 4.78 is 39.0. The number of para-hydroxylation sites is 1. The normalized spacial score (nSPS) is 16.6. The number of aromatic nitrogens is 2. The molecule has 4 aromatic rings. The van der Waals surface area contributed by atoms with Crippen molar-refractivity contribution < 1.29 is 23.0 Å². The van der Waals surface area contributed by atoms with Gasteiger partial charge in [-0.2, -0.15) is 4.98 Å². The van der Waals surface area contributed by atoms with Gasteiger partial charge in [-0.05, 0) is 61.6 Å². The van der Waals surface area contributed by atoms with Crippen molar-refractivity contribution in [2.75, 3.05) is 38.1 Å². The van der Waals surface area contributed by atoms with E-state index < -0.39 is 11.6 Å². The van der Waals surface area contributed by atoms with Crippen molar-refractivity contribution in [1.29, 1.82) is 0 Å². The van der Waals surface area contributed by atoms with Crippen LogP contribution in [0.15, 0.2) is 60.7 Å². The van der Waals surface area contributed by atoms with Gasteiger partial charge in [0.2, 0.25) is 11.9 Å². The number of carbonyl (C=O) groups is 1. The van der Waals surface area contributed by atoms with E-state index in [0.29, 0.717) is 53.6 Å². The van der Waals surface area contributed by atoms with Gasteiger partial charge in [-0.15, -0.1) is 0 Å². The molecule has 1 amide bonds. The number of ether oxygens (including phenoxy) is 2. The van der Waals surface area contributed by atoms with Crippen LogP contribution in [0.4, 0.5) is 26.2 Å². The van der Waals surface area contributed by atoms with E-state index in [-0.39, 0.29) is 17.9 Å². The number of methoxy groups -OCH3 is 2. The number of rotatable bonds is 9. The minimum absolute atomic E-state index is 0.0100.